The molecule has 1 heterocycles. The van der Waals surface area contributed by atoms with Crippen molar-refractivity contribution in [2.75, 3.05) is 11.1 Å². The molecule has 0 amide bonds. The molecule has 1 fully saturated rings. The molecule has 1 aromatic heterocycles. The second-order valence-corrected chi connectivity index (χ2v) is 5.09. The topological polar surface area (TPSA) is 63.8 Å². The molecule has 1 saturated carbocycles. The molecule has 3 rings (SSSR count). The SMILES string of the molecule is Cc1c(N)nc(C2CC2)nc1Nc1cc(F)cc(F)c1F. The second kappa shape index (κ2) is 4.91. The van der Waals surface area contributed by atoms with Crippen molar-refractivity contribution in [1.82, 2.24) is 9.97 Å². The normalized spacial score (nSPS) is 14.3. The number of hydrogen-bond acceptors (Lipinski definition) is 4. The Kier molecular flexibility index (Phi) is 3.19. The highest BCUT2D eigenvalue weighted by atomic mass is 19.2. The van der Waals surface area contributed by atoms with Gasteiger partial charge in [-0.15, -0.1) is 0 Å². The van der Waals surface area contributed by atoms with Crippen LogP contribution >= 0.6 is 0 Å². The van der Waals surface area contributed by atoms with Gasteiger partial charge in [0.25, 0.3) is 0 Å². The first-order valence-corrected chi connectivity index (χ1v) is 6.51. The molecule has 0 atom stereocenters. The standard InChI is InChI=1S/C14H13F3N4/c1-6-12(18)20-14(7-2-3-7)21-13(6)19-10-5-8(15)4-9(16)11(10)17/h4-5,7H,2-3H2,1H3,(H3,18,19,20,21). The highest BCUT2D eigenvalue weighted by molar-refractivity contribution is 5.64. The summed E-state index contributed by atoms with van der Waals surface area (Å²) < 4.78 is 40.1. The van der Waals surface area contributed by atoms with Crippen molar-refractivity contribution in [3.8, 4) is 0 Å². The van der Waals surface area contributed by atoms with Crippen LogP contribution in [0, 0.1) is 24.4 Å². The van der Waals surface area contributed by atoms with Crippen molar-refractivity contribution < 1.29 is 13.2 Å². The predicted molar refractivity (Wildman–Crippen MR) is 72.8 cm³/mol. The van der Waals surface area contributed by atoms with Crippen molar-refractivity contribution in [2.45, 2.75) is 25.7 Å². The first-order valence-electron chi connectivity index (χ1n) is 6.51. The van der Waals surface area contributed by atoms with E-state index in [2.05, 4.69) is 15.3 Å². The fraction of sp³-hybridized carbons (Fsp3) is 0.286. The Balaban J connectivity index is 2.01. The third kappa shape index (κ3) is 2.63. The number of aromatic nitrogens is 2. The van der Waals surface area contributed by atoms with Crippen molar-refractivity contribution in [1.29, 1.82) is 0 Å². The van der Waals surface area contributed by atoms with Gasteiger partial charge in [0.2, 0.25) is 0 Å². The summed E-state index contributed by atoms with van der Waals surface area (Å²) in [5.74, 6) is -1.96. The van der Waals surface area contributed by atoms with E-state index in [1.807, 2.05) is 0 Å². The number of hydrogen-bond donors (Lipinski definition) is 2. The van der Waals surface area contributed by atoms with Crippen LogP contribution in [0.5, 0.6) is 0 Å². The largest absolute Gasteiger partial charge is 0.383 e. The molecule has 0 bridgehead atoms. The summed E-state index contributed by atoms with van der Waals surface area (Å²) in [4.78, 5) is 8.46. The summed E-state index contributed by atoms with van der Waals surface area (Å²) in [6, 6.07) is 1.35. The maximum absolute atomic E-state index is 13.7. The third-order valence-corrected chi connectivity index (χ3v) is 3.39. The van der Waals surface area contributed by atoms with Gasteiger partial charge in [0.05, 0.1) is 5.69 Å². The Morgan fingerprint density at radius 3 is 2.57 bits per heavy atom. The van der Waals surface area contributed by atoms with Gasteiger partial charge in [-0.3, -0.25) is 0 Å². The van der Waals surface area contributed by atoms with Gasteiger partial charge in [0.1, 0.15) is 23.3 Å². The van der Waals surface area contributed by atoms with E-state index in [4.69, 9.17) is 5.73 Å². The molecule has 0 unspecified atom stereocenters. The monoisotopic (exact) mass is 294 g/mol. The molecular formula is C14H13F3N4. The summed E-state index contributed by atoms with van der Waals surface area (Å²) in [5, 5.41) is 2.60. The van der Waals surface area contributed by atoms with Gasteiger partial charge in [0.15, 0.2) is 11.6 Å². The van der Waals surface area contributed by atoms with E-state index in [-0.39, 0.29) is 23.2 Å². The molecule has 1 aliphatic carbocycles. The van der Waals surface area contributed by atoms with Gasteiger partial charge in [-0.25, -0.2) is 23.1 Å². The van der Waals surface area contributed by atoms with Gasteiger partial charge < -0.3 is 11.1 Å². The van der Waals surface area contributed by atoms with Gasteiger partial charge in [-0.05, 0) is 19.8 Å². The number of nitrogen functional groups attached to an aromatic ring is 1. The molecule has 4 nitrogen and oxygen atoms in total. The Hall–Kier alpha value is -2.31. The average molecular weight is 294 g/mol. The lowest BCUT2D eigenvalue weighted by atomic mass is 10.2. The highest BCUT2D eigenvalue weighted by Crippen LogP contribution is 2.39. The second-order valence-electron chi connectivity index (χ2n) is 5.09. The molecule has 0 spiro atoms. The smallest absolute Gasteiger partial charge is 0.182 e. The number of rotatable bonds is 3. The van der Waals surface area contributed by atoms with Gasteiger partial charge in [-0.1, -0.05) is 0 Å². The lowest BCUT2D eigenvalue weighted by Crippen LogP contribution is -2.08. The van der Waals surface area contributed by atoms with Crippen LogP contribution in [0.25, 0.3) is 0 Å². The van der Waals surface area contributed by atoms with E-state index in [0.29, 0.717) is 17.5 Å². The molecule has 7 heteroatoms. The minimum atomic E-state index is -1.26. The van der Waals surface area contributed by atoms with Crippen LogP contribution in [0.2, 0.25) is 0 Å². The molecule has 21 heavy (non-hydrogen) atoms. The van der Waals surface area contributed by atoms with Crippen LogP contribution in [0.1, 0.15) is 30.1 Å². The summed E-state index contributed by atoms with van der Waals surface area (Å²) >= 11 is 0. The average Bonchev–Trinajstić information content (AvgIpc) is 3.24. The van der Waals surface area contributed by atoms with Crippen molar-refractivity contribution in [3.05, 3.63) is 41.0 Å². The van der Waals surface area contributed by atoms with Gasteiger partial charge >= 0.3 is 0 Å². The molecule has 3 N–H and O–H groups in total. The van der Waals surface area contributed by atoms with Crippen LogP contribution in [0.15, 0.2) is 12.1 Å². The van der Waals surface area contributed by atoms with Gasteiger partial charge in [0, 0.05) is 23.6 Å². The minimum absolute atomic E-state index is 0.252. The number of nitrogens with two attached hydrogens (primary N) is 1. The first-order chi connectivity index (χ1) is 9.95. The Labute approximate surface area is 119 Å². The van der Waals surface area contributed by atoms with E-state index < -0.39 is 17.5 Å². The van der Waals surface area contributed by atoms with Crippen molar-refractivity contribution in [2.24, 2.45) is 0 Å². The maximum atomic E-state index is 13.7. The fourth-order valence-corrected chi connectivity index (χ4v) is 1.97. The van der Waals surface area contributed by atoms with E-state index in [9.17, 15) is 13.2 Å². The predicted octanol–water partition coefficient (Wildman–Crippen LogP) is 3.41. The number of halogens is 3. The lowest BCUT2D eigenvalue weighted by Gasteiger charge is -2.12. The Bertz CT molecular complexity index is 714. The molecule has 0 aliphatic heterocycles. The molecule has 2 aromatic rings. The molecule has 1 aliphatic rings. The number of benzene rings is 1. The highest BCUT2D eigenvalue weighted by Gasteiger charge is 2.28. The molecular weight excluding hydrogens is 281 g/mol. The Morgan fingerprint density at radius 2 is 1.90 bits per heavy atom. The zero-order chi connectivity index (χ0) is 15.1. The lowest BCUT2D eigenvalue weighted by molar-refractivity contribution is 0.498. The fourth-order valence-electron chi connectivity index (χ4n) is 1.97. The van der Waals surface area contributed by atoms with Crippen LogP contribution in [0.3, 0.4) is 0 Å². The quantitative estimate of drug-likeness (QED) is 0.852. The number of nitrogens with zero attached hydrogens (tertiary/aromatic N) is 2. The van der Waals surface area contributed by atoms with Crippen molar-refractivity contribution in [3.63, 3.8) is 0 Å². The molecule has 0 saturated heterocycles. The molecule has 110 valence electrons. The molecule has 1 aromatic carbocycles. The Morgan fingerprint density at radius 1 is 1.19 bits per heavy atom. The van der Waals surface area contributed by atoms with E-state index in [1.54, 1.807) is 6.92 Å². The maximum Gasteiger partial charge on any atom is 0.182 e. The number of anilines is 3. The summed E-state index contributed by atoms with van der Waals surface area (Å²) in [6.45, 7) is 1.65. The van der Waals surface area contributed by atoms with Crippen molar-refractivity contribution >= 4 is 17.3 Å². The van der Waals surface area contributed by atoms with E-state index >= 15 is 0 Å². The van der Waals surface area contributed by atoms with Crippen LogP contribution in [0.4, 0.5) is 30.5 Å². The summed E-state index contributed by atoms with van der Waals surface area (Å²) in [7, 11) is 0. The molecule has 0 radical (unpaired) electrons. The first kappa shape index (κ1) is 13.7. The zero-order valence-corrected chi connectivity index (χ0v) is 11.3. The third-order valence-electron chi connectivity index (χ3n) is 3.39. The summed E-state index contributed by atoms with van der Waals surface area (Å²) in [6.07, 6.45) is 1.95. The van der Waals surface area contributed by atoms with Crippen LogP contribution < -0.4 is 11.1 Å². The van der Waals surface area contributed by atoms with Crippen LogP contribution in [-0.4, -0.2) is 9.97 Å². The zero-order valence-electron chi connectivity index (χ0n) is 11.3. The van der Waals surface area contributed by atoms with E-state index in [1.165, 1.54) is 0 Å². The van der Waals surface area contributed by atoms with E-state index in [0.717, 1.165) is 18.9 Å². The minimum Gasteiger partial charge on any atom is -0.383 e. The van der Waals surface area contributed by atoms with Gasteiger partial charge in [-0.2, -0.15) is 0 Å². The van der Waals surface area contributed by atoms with Crippen LogP contribution in [-0.2, 0) is 0 Å². The number of nitrogens with one attached hydrogen (secondary N) is 1. The summed E-state index contributed by atoms with van der Waals surface area (Å²) in [5.41, 5.74) is 5.99.